The van der Waals surface area contributed by atoms with Gasteiger partial charge in [-0.1, -0.05) is 45.9 Å². The lowest BCUT2D eigenvalue weighted by atomic mass is 9.58. The largest absolute Gasteiger partial charge is 0.497 e. The average Bonchev–Trinajstić information content (AvgIpc) is 3.27. The molecule has 0 amide bonds. The predicted molar refractivity (Wildman–Crippen MR) is 155 cm³/mol. The van der Waals surface area contributed by atoms with Gasteiger partial charge in [-0.25, -0.2) is 4.39 Å². The third-order valence-electron chi connectivity index (χ3n) is 10.5. The molecule has 3 aromatic carbocycles. The van der Waals surface area contributed by atoms with Crippen LogP contribution in [0.5, 0.6) is 5.75 Å². The zero-order valence-electron chi connectivity index (χ0n) is 23.7. The van der Waals surface area contributed by atoms with E-state index in [4.69, 9.17) is 4.74 Å². The lowest BCUT2D eigenvalue weighted by Crippen LogP contribution is -2.78. The normalized spacial score (nSPS) is 19.9. The molecule has 1 aliphatic carbocycles. The van der Waals surface area contributed by atoms with Crippen LogP contribution in [-0.4, -0.2) is 7.11 Å². The van der Waals surface area contributed by atoms with E-state index in [-0.39, 0.29) is 11.4 Å². The highest BCUT2D eigenvalue weighted by Gasteiger charge is 2.74. The summed E-state index contributed by atoms with van der Waals surface area (Å²) in [4.78, 5) is 0. The van der Waals surface area contributed by atoms with E-state index in [9.17, 15) is 0 Å². The Labute approximate surface area is 234 Å². The van der Waals surface area contributed by atoms with Crippen LogP contribution in [-0.2, 0) is 16.5 Å². The summed E-state index contributed by atoms with van der Waals surface area (Å²) in [5.41, 5.74) is 7.52. The zero-order chi connectivity index (χ0) is 27.6. The molecule has 1 atom stereocenters. The molecule has 0 radical (unpaired) electrons. The highest BCUT2D eigenvalue weighted by atomic mass is 19.1. The minimum absolute atomic E-state index is 0.135. The Kier molecular flexibility index (Phi) is 4.50. The molecule has 40 heavy (non-hydrogen) atoms. The molecule has 1 unspecified atom stereocenters. The number of hydrogen-bond acceptors (Lipinski definition) is 1. The van der Waals surface area contributed by atoms with Gasteiger partial charge in [-0.15, -0.1) is 0 Å². The Morgan fingerprint density at radius 3 is 2.38 bits per heavy atom. The van der Waals surface area contributed by atoms with Crippen LogP contribution < -0.4 is 13.9 Å². The molecule has 0 saturated heterocycles. The molecule has 0 bridgehead atoms. The molecule has 3 aliphatic rings. The van der Waals surface area contributed by atoms with E-state index in [0.717, 1.165) is 41.1 Å². The fourth-order valence-corrected chi connectivity index (χ4v) is 8.86. The molecular weight excluding hydrogens is 495 g/mol. The number of hydrogen-bond donors (Lipinski definition) is 0. The number of methoxy groups -OCH3 is 1. The quantitative estimate of drug-likeness (QED) is 0.227. The minimum atomic E-state index is -0.583. The molecule has 5 aromatic rings. The van der Waals surface area contributed by atoms with Gasteiger partial charge in [0.15, 0.2) is 12.4 Å². The number of rotatable bonds is 3. The van der Waals surface area contributed by atoms with Crippen molar-refractivity contribution < 1.29 is 18.3 Å². The van der Waals surface area contributed by atoms with Crippen molar-refractivity contribution in [2.75, 3.05) is 7.11 Å². The highest BCUT2D eigenvalue weighted by molar-refractivity contribution is 6.01. The Morgan fingerprint density at radius 1 is 0.800 bits per heavy atom. The molecule has 2 aromatic heterocycles. The second-order valence-electron chi connectivity index (χ2n) is 12.1. The fraction of sp³-hybridized carbons (Fsp3) is 0.278. The first-order valence-corrected chi connectivity index (χ1v) is 14.4. The van der Waals surface area contributed by atoms with Crippen molar-refractivity contribution in [2.45, 2.75) is 57.0 Å². The van der Waals surface area contributed by atoms with Crippen LogP contribution in [0.4, 0.5) is 4.39 Å². The summed E-state index contributed by atoms with van der Waals surface area (Å²) >= 11 is 0. The van der Waals surface area contributed by atoms with E-state index in [1.54, 1.807) is 13.2 Å². The number of benzene rings is 3. The Hall–Kier alpha value is -4.05. The molecule has 198 valence electrons. The Balaban J connectivity index is 1.67. The summed E-state index contributed by atoms with van der Waals surface area (Å²) in [5, 5.41) is 2.46. The van der Waals surface area contributed by atoms with Crippen LogP contribution in [0, 0.1) is 5.82 Å². The highest BCUT2D eigenvalue weighted by Crippen LogP contribution is 2.61. The maximum atomic E-state index is 16.3. The van der Waals surface area contributed by atoms with Crippen molar-refractivity contribution in [2.24, 2.45) is 0 Å². The van der Waals surface area contributed by atoms with Gasteiger partial charge in [-0.2, -0.15) is 9.13 Å². The minimum Gasteiger partial charge on any atom is -0.497 e. The molecule has 0 N–H and O–H groups in total. The third-order valence-corrected chi connectivity index (χ3v) is 10.5. The Bertz CT molecular complexity index is 1920. The SMILES string of the molecule is CCC1(CC)[n+]2ccc3cccc4c3c2-c2c(ccc(F)c2C4(C)C)C12c1ccc(OC)cc1-c1cccc[n+]12. The molecule has 4 heterocycles. The van der Waals surface area contributed by atoms with E-state index >= 15 is 4.39 Å². The maximum Gasteiger partial charge on any atom is 0.284 e. The molecule has 0 fully saturated rings. The molecule has 4 heteroatoms. The lowest BCUT2D eigenvalue weighted by molar-refractivity contribution is -0.856. The van der Waals surface area contributed by atoms with Crippen molar-refractivity contribution in [3.8, 4) is 28.3 Å². The van der Waals surface area contributed by atoms with E-state index < -0.39 is 11.0 Å². The number of fused-ring (bicyclic) bond motifs is 6. The lowest BCUT2D eigenvalue weighted by Gasteiger charge is -2.47. The van der Waals surface area contributed by atoms with Gasteiger partial charge in [0.2, 0.25) is 16.9 Å². The van der Waals surface area contributed by atoms with E-state index in [2.05, 4.69) is 116 Å². The molecule has 0 saturated carbocycles. The number of aromatic nitrogens is 2. The van der Waals surface area contributed by atoms with Gasteiger partial charge in [-0.05, 0) is 47.3 Å². The second-order valence-corrected chi connectivity index (χ2v) is 12.1. The summed E-state index contributed by atoms with van der Waals surface area (Å²) < 4.78 is 27.0. The summed E-state index contributed by atoms with van der Waals surface area (Å²) in [7, 11) is 1.72. The van der Waals surface area contributed by atoms with Crippen LogP contribution in [0.25, 0.3) is 33.3 Å². The number of ether oxygens (including phenoxy) is 1. The molecule has 3 nitrogen and oxygen atoms in total. The number of halogens is 1. The Morgan fingerprint density at radius 2 is 1.60 bits per heavy atom. The first-order chi connectivity index (χ1) is 19.4. The first-order valence-electron chi connectivity index (χ1n) is 14.4. The van der Waals surface area contributed by atoms with Crippen molar-refractivity contribution in [3.63, 3.8) is 0 Å². The standard InChI is InChI=1S/C36H33FN2O/c1-6-35(7-2)36(25-15-14-23(40-5)21-24(25)29-13-8-9-19-38(29)36)27-16-17-28(37)32-31(27)33-30-22(18-20-39(33)35)11-10-12-26(30)34(32,3)4/h8-21H,6-7H2,1-5H3/q+2. The van der Waals surface area contributed by atoms with Crippen molar-refractivity contribution >= 4 is 10.8 Å². The van der Waals surface area contributed by atoms with Crippen LogP contribution in [0.2, 0.25) is 0 Å². The van der Waals surface area contributed by atoms with Crippen LogP contribution in [0.3, 0.4) is 0 Å². The van der Waals surface area contributed by atoms with Gasteiger partial charge in [-0.3, -0.25) is 0 Å². The molecular formula is C36H33FN2O+2. The number of pyridine rings is 2. The average molecular weight is 529 g/mol. The molecule has 8 rings (SSSR count). The van der Waals surface area contributed by atoms with Gasteiger partial charge < -0.3 is 4.74 Å². The molecule has 1 spiro atoms. The van der Waals surface area contributed by atoms with E-state index in [1.165, 1.54) is 33.0 Å². The second kappa shape index (κ2) is 7.57. The first kappa shape index (κ1) is 23.8. The van der Waals surface area contributed by atoms with Gasteiger partial charge in [0.1, 0.15) is 11.6 Å². The summed E-state index contributed by atoms with van der Waals surface area (Å²) in [6.07, 6.45) is 6.30. The number of nitrogens with zero attached hydrogens (tertiary/aromatic N) is 2. The smallest absolute Gasteiger partial charge is 0.284 e. The van der Waals surface area contributed by atoms with Crippen molar-refractivity contribution in [3.05, 3.63) is 113 Å². The third kappa shape index (κ3) is 2.36. The predicted octanol–water partition coefficient (Wildman–Crippen LogP) is 7.17. The van der Waals surface area contributed by atoms with Crippen LogP contribution in [0.15, 0.2) is 85.2 Å². The topological polar surface area (TPSA) is 17.0 Å². The van der Waals surface area contributed by atoms with Gasteiger partial charge in [0.05, 0.1) is 23.6 Å². The summed E-state index contributed by atoms with van der Waals surface area (Å²) in [6, 6.07) is 25.6. The monoisotopic (exact) mass is 528 g/mol. The fourth-order valence-electron chi connectivity index (χ4n) is 8.86. The summed E-state index contributed by atoms with van der Waals surface area (Å²) in [6.45, 7) is 8.99. The van der Waals surface area contributed by atoms with Gasteiger partial charge in [0, 0.05) is 53.1 Å². The maximum absolute atomic E-state index is 16.3. The van der Waals surface area contributed by atoms with Gasteiger partial charge in [0.25, 0.3) is 5.54 Å². The van der Waals surface area contributed by atoms with E-state index in [1.807, 2.05) is 0 Å². The van der Waals surface area contributed by atoms with Crippen molar-refractivity contribution in [1.82, 2.24) is 0 Å². The molecule has 2 aliphatic heterocycles. The zero-order valence-corrected chi connectivity index (χ0v) is 23.7. The summed E-state index contributed by atoms with van der Waals surface area (Å²) in [5.74, 6) is 0.704. The van der Waals surface area contributed by atoms with E-state index in [0.29, 0.717) is 0 Å². The van der Waals surface area contributed by atoms with Crippen molar-refractivity contribution in [1.29, 1.82) is 0 Å². The van der Waals surface area contributed by atoms with Crippen LogP contribution >= 0.6 is 0 Å². The van der Waals surface area contributed by atoms with Gasteiger partial charge >= 0.3 is 0 Å². The van der Waals surface area contributed by atoms with Crippen LogP contribution in [0.1, 0.15) is 62.8 Å².